The third kappa shape index (κ3) is 3.94. The lowest BCUT2D eigenvalue weighted by atomic mass is 10.2. The van der Waals surface area contributed by atoms with E-state index in [4.69, 9.17) is 14.0 Å². The van der Waals surface area contributed by atoms with E-state index >= 15 is 0 Å². The highest BCUT2D eigenvalue weighted by atomic mass is 79.9. The molecule has 0 N–H and O–H groups in total. The van der Waals surface area contributed by atoms with Crippen LogP contribution in [0.3, 0.4) is 0 Å². The summed E-state index contributed by atoms with van der Waals surface area (Å²) in [5.41, 5.74) is 0.719. The summed E-state index contributed by atoms with van der Waals surface area (Å²) in [4.78, 5) is 14.6. The van der Waals surface area contributed by atoms with Crippen LogP contribution >= 0.6 is 15.9 Å². The maximum Gasteiger partial charge on any atom is 0.273 e. The van der Waals surface area contributed by atoms with Crippen molar-refractivity contribution >= 4 is 21.6 Å². The van der Waals surface area contributed by atoms with Crippen LogP contribution in [0, 0.1) is 10.1 Å². The van der Waals surface area contributed by atoms with Crippen molar-refractivity contribution in [3.8, 4) is 22.9 Å². The van der Waals surface area contributed by atoms with Gasteiger partial charge in [0.1, 0.15) is 0 Å². The van der Waals surface area contributed by atoms with Crippen molar-refractivity contribution in [1.82, 2.24) is 10.1 Å². The Morgan fingerprint density at radius 2 is 2.08 bits per heavy atom. The first-order valence-corrected chi connectivity index (χ1v) is 7.90. The number of benzene rings is 2. The molecular formula is C16H12BrN3O5. The molecule has 3 rings (SSSR count). The lowest BCUT2D eigenvalue weighted by Gasteiger charge is -2.08. The summed E-state index contributed by atoms with van der Waals surface area (Å²) in [5.74, 6) is 1.31. The Labute approximate surface area is 150 Å². The minimum Gasteiger partial charge on any atom is -0.493 e. The van der Waals surface area contributed by atoms with Crippen LogP contribution in [0.15, 0.2) is 51.5 Å². The molecule has 0 saturated carbocycles. The standard InChI is InChI=1S/C16H12BrN3O5/c1-23-14-8-12(20(21)22)5-6-13(14)24-9-15-18-16(19-25-15)10-3-2-4-11(17)7-10/h2-8H,9H2,1H3. The van der Waals surface area contributed by atoms with E-state index in [2.05, 4.69) is 26.1 Å². The molecule has 0 unspecified atom stereocenters. The highest BCUT2D eigenvalue weighted by molar-refractivity contribution is 9.10. The monoisotopic (exact) mass is 405 g/mol. The lowest BCUT2D eigenvalue weighted by Crippen LogP contribution is -1.99. The van der Waals surface area contributed by atoms with E-state index in [1.165, 1.54) is 25.3 Å². The van der Waals surface area contributed by atoms with Gasteiger partial charge in [0.2, 0.25) is 5.82 Å². The smallest absolute Gasteiger partial charge is 0.273 e. The SMILES string of the molecule is COc1cc([N+](=O)[O-])ccc1OCc1nc(-c2cccc(Br)c2)no1. The zero-order valence-corrected chi connectivity index (χ0v) is 14.6. The molecule has 3 aromatic rings. The Morgan fingerprint density at radius 1 is 1.24 bits per heavy atom. The Kier molecular flexibility index (Phi) is 4.94. The fourth-order valence-corrected chi connectivity index (χ4v) is 2.49. The van der Waals surface area contributed by atoms with Crippen molar-refractivity contribution in [2.24, 2.45) is 0 Å². The number of methoxy groups -OCH3 is 1. The second-order valence-electron chi connectivity index (χ2n) is 4.90. The normalized spacial score (nSPS) is 10.5. The van der Waals surface area contributed by atoms with Crippen molar-refractivity contribution in [1.29, 1.82) is 0 Å². The number of nitro groups is 1. The number of nitrogens with zero attached hydrogens (tertiary/aromatic N) is 3. The van der Waals surface area contributed by atoms with Gasteiger partial charge in [0.15, 0.2) is 18.1 Å². The predicted octanol–water partition coefficient (Wildman–Crippen LogP) is 3.99. The van der Waals surface area contributed by atoms with Gasteiger partial charge in [-0.05, 0) is 18.2 Å². The third-order valence-electron chi connectivity index (χ3n) is 3.26. The first kappa shape index (κ1) is 16.9. The van der Waals surface area contributed by atoms with Gasteiger partial charge < -0.3 is 14.0 Å². The molecule has 2 aromatic carbocycles. The zero-order chi connectivity index (χ0) is 17.8. The van der Waals surface area contributed by atoms with Crippen molar-refractivity contribution < 1.29 is 18.9 Å². The van der Waals surface area contributed by atoms with E-state index in [0.29, 0.717) is 11.6 Å². The Balaban J connectivity index is 1.73. The molecule has 0 aliphatic heterocycles. The Bertz CT molecular complexity index is 912. The maximum absolute atomic E-state index is 10.8. The molecule has 128 valence electrons. The Morgan fingerprint density at radius 3 is 2.80 bits per heavy atom. The fraction of sp³-hybridized carbons (Fsp3) is 0.125. The maximum atomic E-state index is 10.8. The molecule has 9 heteroatoms. The van der Waals surface area contributed by atoms with Gasteiger partial charge >= 0.3 is 0 Å². The summed E-state index contributed by atoms with van der Waals surface area (Å²) in [6.45, 7) is 0.00910. The summed E-state index contributed by atoms with van der Waals surface area (Å²) < 4.78 is 16.8. The first-order valence-electron chi connectivity index (χ1n) is 7.10. The quantitative estimate of drug-likeness (QED) is 0.451. The first-order chi connectivity index (χ1) is 12.1. The second-order valence-corrected chi connectivity index (χ2v) is 5.82. The largest absolute Gasteiger partial charge is 0.493 e. The van der Waals surface area contributed by atoms with Gasteiger partial charge in [-0.2, -0.15) is 4.98 Å². The zero-order valence-electron chi connectivity index (χ0n) is 13.0. The molecule has 8 nitrogen and oxygen atoms in total. The summed E-state index contributed by atoms with van der Waals surface area (Å²) in [6, 6.07) is 11.6. The molecule has 0 spiro atoms. The number of ether oxygens (including phenoxy) is 2. The minimum atomic E-state index is -0.505. The van der Waals surface area contributed by atoms with Crippen molar-refractivity contribution in [3.05, 3.63) is 62.9 Å². The molecule has 0 bridgehead atoms. The molecule has 0 amide bonds. The minimum absolute atomic E-state index is 0.00910. The van der Waals surface area contributed by atoms with Gasteiger partial charge in [-0.15, -0.1) is 0 Å². The van der Waals surface area contributed by atoms with Gasteiger partial charge in [0.05, 0.1) is 18.1 Å². The van der Waals surface area contributed by atoms with E-state index in [9.17, 15) is 10.1 Å². The predicted molar refractivity (Wildman–Crippen MR) is 91.4 cm³/mol. The highest BCUT2D eigenvalue weighted by Crippen LogP contribution is 2.31. The number of hydrogen-bond donors (Lipinski definition) is 0. The van der Waals surface area contributed by atoms with Gasteiger partial charge in [-0.1, -0.05) is 33.2 Å². The number of rotatable bonds is 6. The van der Waals surface area contributed by atoms with Crippen LogP contribution in [0.4, 0.5) is 5.69 Å². The van der Waals surface area contributed by atoms with Crippen LogP contribution < -0.4 is 9.47 Å². The van der Waals surface area contributed by atoms with Crippen LogP contribution in [0.5, 0.6) is 11.5 Å². The number of hydrogen-bond acceptors (Lipinski definition) is 7. The van der Waals surface area contributed by atoms with E-state index in [-0.39, 0.29) is 23.9 Å². The molecule has 0 aliphatic rings. The molecule has 0 fully saturated rings. The molecule has 25 heavy (non-hydrogen) atoms. The van der Waals surface area contributed by atoms with Crippen LogP contribution in [-0.2, 0) is 6.61 Å². The summed E-state index contributed by atoms with van der Waals surface area (Å²) in [7, 11) is 1.41. The molecule has 0 saturated heterocycles. The van der Waals surface area contributed by atoms with E-state index in [0.717, 1.165) is 10.0 Å². The fourth-order valence-electron chi connectivity index (χ4n) is 2.09. The van der Waals surface area contributed by atoms with Gasteiger partial charge in [0, 0.05) is 16.1 Å². The number of nitro benzene ring substituents is 1. The lowest BCUT2D eigenvalue weighted by molar-refractivity contribution is -0.385. The highest BCUT2D eigenvalue weighted by Gasteiger charge is 2.14. The topological polar surface area (TPSA) is 101 Å². The third-order valence-corrected chi connectivity index (χ3v) is 3.75. The average Bonchev–Trinajstić information content (AvgIpc) is 3.08. The van der Waals surface area contributed by atoms with Crippen molar-refractivity contribution in [2.45, 2.75) is 6.61 Å². The summed E-state index contributed by atoms with van der Waals surface area (Å²) in [5, 5.41) is 14.7. The van der Waals surface area contributed by atoms with Crippen LogP contribution in [-0.4, -0.2) is 22.2 Å². The van der Waals surface area contributed by atoms with Gasteiger partial charge in [-0.25, -0.2) is 0 Å². The number of halogens is 1. The molecule has 0 aliphatic carbocycles. The van der Waals surface area contributed by atoms with E-state index in [1.807, 2.05) is 24.3 Å². The molecule has 0 radical (unpaired) electrons. The molecule has 0 atom stereocenters. The number of aromatic nitrogens is 2. The van der Waals surface area contributed by atoms with Crippen molar-refractivity contribution in [2.75, 3.05) is 7.11 Å². The number of non-ortho nitro benzene ring substituents is 1. The van der Waals surface area contributed by atoms with Crippen molar-refractivity contribution in [3.63, 3.8) is 0 Å². The molecular weight excluding hydrogens is 394 g/mol. The summed E-state index contributed by atoms with van der Waals surface area (Å²) in [6.07, 6.45) is 0. The molecule has 1 heterocycles. The van der Waals surface area contributed by atoms with E-state index < -0.39 is 4.92 Å². The summed E-state index contributed by atoms with van der Waals surface area (Å²) >= 11 is 3.39. The van der Waals surface area contributed by atoms with Gasteiger partial charge in [-0.3, -0.25) is 10.1 Å². The van der Waals surface area contributed by atoms with E-state index in [1.54, 1.807) is 0 Å². The van der Waals surface area contributed by atoms with Crippen LogP contribution in [0.25, 0.3) is 11.4 Å². The second kappa shape index (κ2) is 7.31. The average molecular weight is 406 g/mol. The molecule has 1 aromatic heterocycles. The van der Waals surface area contributed by atoms with Crippen LogP contribution in [0.1, 0.15) is 5.89 Å². The van der Waals surface area contributed by atoms with Gasteiger partial charge in [0.25, 0.3) is 11.6 Å². The Hall–Kier alpha value is -2.94. The van der Waals surface area contributed by atoms with Crippen LogP contribution in [0.2, 0.25) is 0 Å².